The number of hydrogen-bond donors (Lipinski definition) is 0. The number of pyridine rings is 1. The summed E-state index contributed by atoms with van der Waals surface area (Å²) in [7, 11) is 0. The van der Waals surface area contributed by atoms with Gasteiger partial charge in [-0.05, 0) is 19.1 Å². The van der Waals surface area contributed by atoms with Crippen molar-refractivity contribution in [2.45, 2.75) is 6.92 Å². The Bertz CT molecular complexity index is 398. The zero-order valence-corrected chi connectivity index (χ0v) is 9.04. The molecule has 4 nitrogen and oxygen atoms in total. The van der Waals surface area contributed by atoms with Gasteiger partial charge in [-0.3, -0.25) is 0 Å². The second-order valence-electron chi connectivity index (χ2n) is 2.39. The fraction of sp³-hybridized carbons (Fsp3) is 0.222. The molecule has 0 spiro atoms. The van der Waals surface area contributed by atoms with Crippen LogP contribution < -0.4 is 0 Å². The maximum absolute atomic E-state index is 11.3. The Balaban J connectivity index is 3.04. The van der Waals surface area contributed by atoms with Gasteiger partial charge in [0.2, 0.25) is 0 Å². The maximum atomic E-state index is 11.3. The lowest BCUT2D eigenvalue weighted by molar-refractivity contribution is 0.0519. The average Bonchev–Trinajstić information content (AvgIpc) is 2.17. The highest BCUT2D eigenvalue weighted by molar-refractivity contribution is 9.10. The highest BCUT2D eigenvalue weighted by Crippen LogP contribution is 2.13. The van der Waals surface area contributed by atoms with Crippen LogP contribution in [0, 0.1) is 11.3 Å². The van der Waals surface area contributed by atoms with Crippen molar-refractivity contribution in [1.29, 1.82) is 5.26 Å². The molecule has 0 bridgehead atoms. The third-order valence-electron chi connectivity index (χ3n) is 1.39. The Labute approximate surface area is 89.6 Å². The van der Waals surface area contributed by atoms with Gasteiger partial charge in [-0.1, -0.05) is 15.9 Å². The van der Waals surface area contributed by atoms with Gasteiger partial charge in [-0.25, -0.2) is 9.78 Å². The van der Waals surface area contributed by atoms with Crippen molar-refractivity contribution in [2.24, 2.45) is 0 Å². The summed E-state index contributed by atoms with van der Waals surface area (Å²) in [5, 5.41) is 8.61. The summed E-state index contributed by atoms with van der Waals surface area (Å²) in [6, 6.07) is 4.90. The number of nitrogens with zero attached hydrogens (tertiary/aromatic N) is 2. The molecule has 1 heterocycles. The van der Waals surface area contributed by atoms with Crippen LogP contribution in [0.3, 0.4) is 0 Å². The van der Waals surface area contributed by atoms with E-state index in [4.69, 9.17) is 10.00 Å². The molecule has 5 heteroatoms. The molecule has 14 heavy (non-hydrogen) atoms. The smallest absolute Gasteiger partial charge is 0.357 e. The Hall–Kier alpha value is -1.41. The van der Waals surface area contributed by atoms with E-state index < -0.39 is 5.97 Å². The first-order valence-corrected chi connectivity index (χ1v) is 4.71. The van der Waals surface area contributed by atoms with Crippen LogP contribution in [-0.4, -0.2) is 17.6 Å². The monoisotopic (exact) mass is 254 g/mol. The molecule has 0 N–H and O–H groups in total. The summed E-state index contributed by atoms with van der Waals surface area (Å²) < 4.78 is 5.38. The minimum atomic E-state index is -0.523. The molecule has 0 aromatic carbocycles. The van der Waals surface area contributed by atoms with Gasteiger partial charge in [-0.2, -0.15) is 5.26 Å². The zero-order valence-electron chi connectivity index (χ0n) is 7.45. The standard InChI is InChI=1S/C9H7BrN2O2/c1-2-14-9(13)8-4-6(10)3-7(5-11)12-8/h3-4H,2H2,1H3. The lowest BCUT2D eigenvalue weighted by Crippen LogP contribution is -2.07. The second kappa shape index (κ2) is 4.72. The quantitative estimate of drug-likeness (QED) is 0.757. The topological polar surface area (TPSA) is 63.0 Å². The van der Waals surface area contributed by atoms with Crippen LogP contribution in [0.5, 0.6) is 0 Å². The summed E-state index contributed by atoms with van der Waals surface area (Å²) in [4.78, 5) is 15.1. The van der Waals surface area contributed by atoms with Crippen molar-refractivity contribution in [3.05, 3.63) is 28.0 Å². The van der Waals surface area contributed by atoms with Crippen LogP contribution in [0.2, 0.25) is 0 Å². The van der Waals surface area contributed by atoms with E-state index in [-0.39, 0.29) is 18.0 Å². The molecular weight excluding hydrogens is 248 g/mol. The van der Waals surface area contributed by atoms with Gasteiger partial charge >= 0.3 is 5.97 Å². The van der Waals surface area contributed by atoms with E-state index in [9.17, 15) is 4.79 Å². The van der Waals surface area contributed by atoms with E-state index in [1.54, 1.807) is 6.92 Å². The third kappa shape index (κ3) is 2.54. The highest BCUT2D eigenvalue weighted by atomic mass is 79.9. The molecule has 1 aromatic rings. The molecule has 0 fully saturated rings. The molecule has 1 aromatic heterocycles. The molecule has 0 unspecified atom stereocenters. The Morgan fingerprint density at radius 3 is 3.00 bits per heavy atom. The minimum absolute atomic E-state index is 0.137. The Morgan fingerprint density at radius 1 is 1.71 bits per heavy atom. The van der Waals surface area contributed by atoms with Crippen molar-refractivity contribution in [3.63, 3.8) is 0 Å². The highest BCUT2D eigenvalue weighted by Gasteiger charge is 2.10. The van der Waals surface area contributed by atoms with Gasteiger partial charge < -0.3 is 4.74 Å². The first-order chi connectivity index (χ1) is 6.67. The number of nitriles is 1. The Kier molecular flexibility index (Phi) is 3.60. The summed E-state index contributed by atoms with van der Waals surface area (Å²) in [5.74, 6) is -0.523. The zero-order chi connectivity index (χ0) is 10.6. The molecule has 0 aliphatic rings. The number of carbonyl (C=O) groups is 1. The van der Waals surface area contributed by atoms with Crippen LogP contribution in [-0.2, 0) is 4.74 Å². The van der Waals surface area contributed by atoms with E-state index in [2.05, 4.69) is 20.9 Å². The van der Waals surface area contributed by atoms with Gasteiger partial charge in [0.15, 0.2) is 5.69 Å². The van der Waals surface area contributed by atoms with Crippen LogP contribution in [0.4, 0.5) is 0 Å². The van der Waals surface area contributed by atoms with Gasteiger partial charge in [0.1, 0.15) is 11.8 Å². The van der Waals surface area contributed by atoms with Gasteiger partial charge in [0.05, 0.1) is 6.61 Å². The Morgan fingerprint density at radius 2 is 2.43 bits per heavy atom. The van der Waals surface area contributed by atoms with Crippen molar-refractivity contribution in [1.82, 2.24) is 4.98 Å². The summed E-state index contributed by atoms with van der Waals surface area (Å²) in [6.07, 6.45) is 0. The molecule has 1 rings (SSSR count). The lowest BCUT2D eigenvalue weighted by atomic mass is 10.3. The SMILES string of the molecule is CCOC(=O)c1cc(Br)cc(C#N)n1. The lowest BCUT2D eigenvalue weighted by Gasteiger charge is -2.01. The molecule has 0 amide bonds. The van der Waals surface area contributed by atoms with Gasteiger partial charge in [-0.15, -0.1) is 0 Å². The largest absolute Gasteiger partial charge is 0.461 e. The first kappa shape index (κ1) is 10.7. The maximum Gasteiger partial charge on any atom is 0.357 e. The van der Waals surface area contributed by atoms with Crippen LogP contribution in [0.1, 0.15) is 23.1 Å². The molecule has 0 aliphatic heterocycles. The fourth-order valence-corrected chi connectivity index (χ4v) is 1.30. The average molecular weight is 255 g/mol. The number of halogens is 1. The van der Waals surface area contributed by atoms with E-state index in [1.807, 2.05) is 6.07 Å². The summed E-state index contributed by atoms with van der Waals surface area (Å²) >= 11 is 3.17. The molecule has 0 saturated heterocycles. The van der Waals surface area contributed by atoms with E-state index in [1.165, 1.54) is 12.1 Å². The van der Waals surface area contributed by atoms with Crippen molar-refractivity contribution in [2.75, 3.05) is 6.61 Å². The fourth-order valence-electron chi connectivity index (χ4n) is 0.864. The number of rotatable bonds is 2. The predicted octanol–water partition coefficient (Wildman–Crippen LogP) is 1.89. The number of ether oxygens (including phenoxy) is 1. The molecule has 0 atom stereocenters. The van der Waals surface area contributed by atoms with Crippen molar-refractivity contribution >= 4 is 21.9 Å². The second-order valence-corrected chi connectivity index (χ2v) is 3.30. The van der Waals surface area contributed by atoms with Gasteiger partial charge in [0, 0.05) is 4.47 Å². The summed E-state index contributed by atoms with van der Waals surface area (Å²) in [5.41, 5.74) is 0.320. The van der Waals surface area contributed by atoms with Crippen LogP contribution >= 0.6 is 15.9 Å². The molecule has 0 aliphatic carbocycles. The van der Waals surface area contributed by atoms with E-state index >= 15 is 0 Å². The molecule has 0 radical (unpaired) electrons. The molecule has 72 valence electrons. The van der Waals surface area contributed by atoms with Crippen molar-refractivity contribution < 1.29 is 9.53 Å². The first-order valence-electron chi connectivity index (χ1n) is 3.92. The minimum Gasteiger partial charge on any atom is -0.461 e. The molecule has 0 saturated carbocycles. The van der Waals surface area contributed by atoms with Crippen LogP contribution in [0.15, 0.2) is 16.6 Å². The number of carbonyl (C=O) groups excluding carboxylic acids is 1. The van der Waals surface area contributed by atoms with E-state index in [0.717, 1.165) is 0 Å². The normalized spacial score (nSPS) is 9.21. The van der Waals surface area contributed by atoms with E-state index in [0.29, 0.717) is 4.47 Å². The van der Waals surface area contributed by atoms with Gasteiger partial charge in [0.25, 0.3) is 0 Å². The number of aromatic nitrogens is 1. The number of hydrogen-bond acceptors (Lipinski definition) is 4. The number of esters is 1. The van der Waals surface area contributed by atoms with Crippen molar-refractivity contribution in [3.8, 4) is 6.07 Å². The molecular formula is C9H7BrN2O2. The third-order valence-corrected chi connectivity index (χ3v) is 1.85. The van der Waals surface area contributed by atoms with Crippen LogP contribution in [0.25, 0.3) is 0 Å². The predicted molar refractivity (Wildman–Crippen MR) is 52.6 cm³/mol. The summed E-state index contributed by atoms with van der Waals surface area (Å²) in [6.45, 7) is 2.00.